The summed E-state index contributed by atoms with van der Waals surface area (Å²) in [5.41, 5.74) is 1.67. The van der Waals surface area contributed by atoms with Crippen LogP contribution in [0.4, 0.5) is 5.69 Å². The van der Waals surface area contributed by atoms with Crippen LogP contribution < -0.4 is 10.6 Å². The summed E-state index contributed by atoms with van der Waals surface area (Å²) in [6.07, 6.45) is 5.76. The maximum atomic E-state index is 12.1. The van der Waals surface area contributed by atoms with Crippen LogP contribution in [0.5, 0.6) is 0 Å². The molecule has 1 heterocycles. The van der Waals surface area contributed by atoms with E-state index in [1.807, 2.05) is 29.8 Å². The molecule has 10 heteroatoms. The molecule has 2 aromatic rings. The van der Waals surface area contributed by atoms with Crippen LogP contribution in [0.3, 0.4) is 0 Å². The van der Waals surface area contributed by atoms with Crippen molar-refractivity contribution in [3.63, 3.8) is 0 Å². The van der Waals surface area contributed by atoms with Gasteiger partial charge in [0.1, 0.15) is 0 Å². The van der Waals surface area contributed by atoms with Crippen molar-refractivity contribution in [1.82, 2.24) is 25.5 Å². The van der Waals surface area contributed by atoms with E-state index >= 15 is 0 Å². The highest BCUT2D eigenvalue weighted by atomic mass is 79.9. The lowest BCUT2D eigenvalue weighted by Gasteiger charge is -2.21. The molecule has 1 aliphatic carbocycles. The van der Waals surface area contributed by atoms with Gasteiger partial charge in [0, 0.05) is 10.2 Å². The Morgan fingerprint density at radius 3 is 2.79 bits per heavy atom. The molecule has 0 spiro atoms. The molecular weight excluding hydrogens is 444 g/mol. The summed E-state index contributed by atoms with van der Waals surface area (Å²) in [7, 11) is 0. The quantitative estimate of drug-likeness (QED) is 0.607. The summed E-state index contributed by atoms with van der Waals surface area (Å²) >= 11 is 4.68. The Balaban J connectivity index is 1.43. The molecule has 1 aromatic heterocycles. The predicted octanol–water partition coefficient (Wildman–Crippen LogP) is 3.10. The SMILES string of the molecule is Cc1cc(Br)ccc1NC(=O)CNC(=O)CSc1nnnn1C1CCCCC1. The van der Waals surface area contributed by atoms with E-state index in [2.05, 4.69) is 42.1 Å². The third-order valence-electron chi connectivity index (χ3n) is 4.62. The third kappa shape index (κ3) is 5.78. The van der Waals surface area contributed by atoms with Crippen molar-refractivity contribution in [3.8, 4) is 0 Å². The minimum atomic E-state index is -0.268. The Kier molecular flexibility index (Phi) is 7.43. The average Bonchev–Trinajstić information content (AvgIpc) is 3.16. The van der Waals surface area contributed by atoms with Crippen molar-refractivity contribution in [2.45, 2.75) is 50.2 Å². The molecule has 0 aliphatic heterocycles. The molecule has 1 aromatic carbocycles. The van der Waals surface area contributed by atoms with Crippen molar-refractivity contribution < 1.29 is 9.59 Å². The van der Waals surface area contributed by atoms with E-state index in [9.17, 15) is 9.59 Å². The standard InChI is InChI=1S/C18H23BrN6O2S/c1-12-9-13(19)7-8-15(12)21-16(26)10-20-17(27)11-28-18-22-23-24-25(18)14-5-3-2-4-6-14/h7-9,14H,2-6,10-11H2,1H3,(H,20,27)(H,21,26). The molecular formula is C18H23BrN6O2S. The Hall–Kier alpha value is -1.94. The highest BCUT2D eigenvalue weighted by molar-refractivity contribution is 9.10. The molecule has 28 heavy (non-hydrogen) atoms. The molecule has 3 rings (SSSR count). The first kappa shape index (κ1) is 20.8. The zero-order chi connectivity index (χ0) is 19.9. The summed E-state index contributed by atoms with van der Waals surface area (Å²) in [6.45, 7) is 1.83. The van der Waals surface area contributed by atoms with E-state index < -0.39 is 0 Å². The largest absolute Gasteiger partial charge is 0.346 e. The Labute approximate surface area is 176 Å². The summed E-state index contributed by atoms with van der Waals surface area (Å²) < 4.78 is 2.78. The maximum Gasteiger partial charge on any atom is 0.243 e. The molecule has 1 aliphatic rings. The van der Waals surface area contributed by atoms with Crippen LogP contribution in [0.15, 0.2) is 27.8 Å². The number of nitrogens with zero attached hydrogens (tertiary/aromatic N) is 4. The second-order valence-electron chi connectivity index (χ2n) is 6.77. The van der Waals surface area contributed by atoms with Crippen LogP contribution >= 0.6 is 27.7 Å². The zero-order valence-electron chi connectivity index (χ0n) is 15.7. The van der Waals surface area contributed by atoms with E-state index in [0.717, 1.165) is 28.6 Å². The molecule has 150 valence electrons. The van der Waals surface area contributed by atoms with Gasteiger partial charge in [-0.25, -0.2) is 4.68 Å². The fourth-order valence-corrected chi connectivity index (χ4v) is 4.41. The molecule has 0 unspecified atom stereocenters. The number of rotatable bonds is 7. The number of tetrazole rings is 1. The van der Waals surface area contributed by atoms with Crippen molar-refractivity contribution in [2.75, 3.05) is 17.6 Å². The zero-order valence-corrected chi connectivity index (χ0v) is 18.1. The Morgan fingerprint density at radius 1 is 1.25 bits per heavy atom. The molecule has 8 nitrogen and oxygen atoms in total. The Bertz CT molecular complexity index is 837. The van der Waals surface area contributed by atoms with Gasteiger partial charge >= 0.3 is 0 Å². The number of nitrogens with one attached hydrogen (secondary N) is 2. The molecule has 1 saturated carbocycles. The topological polar surface area (TPSA) is 102 Å². The first-order chi connectivity index (χ1) is 13.5. The number of amides is 2. The van der Waals surface area contributed by atoms with Crippen LogP contribution in [-0.4, -0.2) is 44.3 Å². The fraction of sp³-hybridized carbons (Fsp3) is 0.500. The van der Waals surface area contributed by atoms with Crippen LogP contribution in [-0.2, 0) is 9.59 Å². The number of anilines is 1. The third-order valence-corrected chi connectivity index (χ3v) is 6.05. The first-order valence-corrected chi connectivity index (χ1v) is 11.0. The van der Waals surface area contributed by atoms with Crippen molar-refractivity contribution in [2.24, 2.45) is 0 Å². The predicted molar refractivity (Wildman–Crippen MR) is 111 cm³/mol. The number of aromatic nitrogens is 4. The number of benzene rings is 1. The molecule has 0 bridgehead atoms. The van der Waals surface area contributed by atoms with E-state index in [1.54, 1.807) is 0 Å². The Morgan fingerprint density at radius 2 is 2.04 bits per heavy atom. The summed E-state index contributed by atoms with van der Waals surface area (Å²) in [4.78, 5) is 24.2. The molecule has 0 atom stereocenters. The minimum absolute atomic E-state index is 0.0809. The van der Waals surface area contributed by atoms with Crippen LogP contribution in [0, 0.1) is 6.92 Å². The van der Waals surface area contributed by atoms with Crippen molar-refractivity contribution >= 4 is 45.2 Å². The van der Waals surface area contributed by atoms with E-state index in [1.165, 1.54) is 31.0 Å². The van der Waals surface area contributed by atoms with Gasteiger partial charge in [-0.1, -0.05) is 47.0 Å². The van der Waals surface area contributed by atoms with E-state index in [0.29, 0.717) is 11.2 Å². The van der Waals surface area contributed by atoms with Crippen molar-refractivity contribution in [1.29, 1.82) is 0 Å². The maximum absolute atomic E-state index is 12.1. The number of aryl methyl sites for hydroxylation is 1. The molecule has 0 saturated heterocycles. The number of hydrogen-bond donors (Lipinski definition) is 2. The van der Waals surface area contributed by atoms with Gasteiger partial charge in [-0.2, -0.15) is 0 Å². The second-order valence-corrected chi connectivity index (χ2v) is 8.63. The van der Waals surface area contributed by atoms with Gasteiger partial charge in [0.05, 0.1) is 18.3 Å². The normalized spacial score (nSPS) is 14.6. The van der Waals surface area contributed by atoms with Crippen LogP contribution in [0.25, 0.3) is 0 Å². The fourth-order valence-electron chi connectivity index (χ4n) is 3.16. The van der Waals surface area contributed by atoms with Crippen LogP contribution in [0.1, 0.15) is 43.7 Å². The number of carbonyl (C=O) groups excluding carboxylic acids is 2. The first-order valence-electron chi connectivity index (χ1n) is 9.26. The molecule has 2 amide bonds. The smallest absolute Gasteiger partial charge is 0.243 e. The van der Waals surface area contributed by atoms with Gasteiger partial charge in [-0.3, -0.25) is 9.59 Å². The van der Waals surface area contributed by atoms with Gasteiger partial charge in [-0.05, 0) is 54.0 Å². The molecule has 2 N–H and O–H groups in total. The van der Waals surface area contributed by atoms with Gasteiger partial charge in [-0.15, -0.1) is 5.10 Å². The number of halogens is 1. The molecule has 1 fully saturated rings. The van der Waals surface area contributed by atoms with E-state index in [4.69, 9.17) is 0 Å². The highest BCUT2D eigenvalue weighted by Gasteiger charge is 2.20. The number of hydrogen-bond acceptors (Lipinski definition) is 6. The second kappa shape index (κ2) is 10.0. The summed E-state index contributed by atoms with van der Waals surface area (Å²) in [5, 5.41) is 18.0. The minimum Gasteiger partial charge on any atom is -0.346 e. The monoisotopic (exact) mass is 466 g/mol. The summed E-state index contributed by atoms with van der Waals surface area (Å²) in [5.74, 6) is -0.334. The van der Waals surface area contributed by atoms with Crippen molar-refractivity contribution in [3.05, 3.63) is 28.2 Å². The van der Waals surface area contributed by atoms with Gasteiger partial charge in [0.15, 0.2) is 0 Å². The van der Waals surface area contributed by atoms with Gasteiger partial charge in [0.25, 0.3) is 0 Å². The van der Waals surface area contributed by atoms with Crippen LogP contribution in [0.2, 0.25) is 0 Å². The van der Waals surface area contributed by atoms with Gasteiger partial charge < -0.3 is 10.6 Å². The lowest BCUT2D eigenvalue weighted by Crippen LogP contribution is -2.34. The average molecular weight is 467 g/mol. The number of thioether (sulfide) groups is 1. The number of carbonyl (C=O) groups is 2. The lowest BCUT2D eigenvalue weighted by atomic mass is 9.96. The van der Waals surface area contributed by atoms with Gasteiger partial charge in [0.2, 0.25) is 17.0 Å². The molecule has 0 radical (unpaired) electrons. The summed E-state index contributed by atoms with van der Waals surface area (Å²) in [6, 6.07) is 5.91. The highest BCUT2D eigenvalue weighted by Crippen LogP contribution is 2.30. The van der Waals surface area contributed by atoms with E-state index in [-0.39, 0.29) is 24.1 Å². The lowest BCUT2D eigenvalue weighted by molar-refractivity contribution is -0.122.